The molecule has 0 saturated heterocycles. The highest BCUT2D eigenvalue weighted by molar-refractivity contribution is 6.21. The maximum Gasteiger partial charge on any atom is 0.123 e. The Morgan fingerprint density at radius 2 is 2.12 bits per heavy atom. The van der Waals surface area contributed by atoms with E-state index in [9.17, 15) is 4.39 Å². The number of benzene rings is 1. The van der Waals surface area contributed by atoms with Crippen LogP contribution in [0.15, 0.2) is 18.2 Å². The third kappa shape index (κ3) is 2.03. The van der Waals surface area contributed by atoms with Crippen LogP contribution in [0.1, 0.15) is 31.2 Å². The van der Waals surface area contributed by atoms with E-state index in [0.29, 0.717) is 11.8 Å². The molecule has 1 fully saturated rings. The van der Waals surface area contributed by atoms with Crippen LogP contribution in [-0.2, 0) is 0 Å². The van der Waals surface area contributed by atoms with Crippen molar-refractivity contribution in [3.63, 3.8) is 0 Å². The summed E-state index contributed by atoms with van der Waals surface area (Å²) in [5.74, 6) is 1.25. The first-order chi connectivity index (χ1) is 7.63. The van der Waals surface area contributed by atoms with Crippen LogP contribution in [-0.4, -0.2) is 12.5 Å². The monoisotopic (exact) mass is 242 g/mol. The molecular formula is C13H16ClFO. The van der Waals surface area contributed by atoms with Gasteiger partial charge < -0.3 is 4.74 Å². The molecule has 1 aliphatic carbocycles. The van der Waals surface area contributed by atoms with Crippen LogP contribution in [0.2, 0.25) is 0 Å². The van der Waals surface area contributed by atoms with Gasteiger partial charge in [-0.15, -0.1) is 11.6 Å². The normalized spacial score (nSPS) is 29.4. The quantitative estimate of drug-likeness (QED) is 0.714. The van der Waals surface area contributed by atoms with Crippen LogP contribution in [0, 0.1) is 11.7 Å². The molecule has 0 amide bonds. The highest BCUT2D eigenvalue weighted by Crippen LogP contribution is 2.45. The number of halogens is 2. The van der Waals surface area contributed by atoms with Crippen molar-refractivity contribution in [3.8, 4) is 5.75 Å². The molecule has 88 valence electrons. The first kappa shape index (κ1) is 11.7. The maximum absolute atomic E-state index is 13.3. The van der Waals surface area contributed by atoms with Crippen molar-refractivity contribution in [2.75, 3.05) is 7.11 Å². The molecule has 16 heavy (non-hydrogen) atoms. The first-order valence-electron chi connectivity index (χ1n) is 5.61. The molecule has 0 N–H and O–H groups in total. The molecular weight excluding hydrogens is 227 g/mol. The van der Waals surface area contributed by atoms with Gasteiger partial charge in [-0.25, -0.2) is 4.39 Å². The zero-order valence-corrected chi connectivity index (χ0v) is 10.3. The van der Waals surface area contributed by atoms with E-state index in [-0.39, 0.29) is 11.2 Å². The van der Waals surface area contributed by atoms with Gasteiger partial charge >= 0.3 is 0 Å². The molecule has 0 radical (unpaired) electrons. The minimum Gasteiger partial charge on any atom is -0.496 e. The summed E-state index contributed by atoms with van der Waals surface area (Å²) in [6.45, 7) is 2.12. The van der Waals surface area contributed by atoms with Gasteiger partial charge in [0.2, 0.25) is 0 Å². The molecule has 1 aliphatic rings. The molecule has 0 bridgehead atoms. The van der Waals surface area contributed by atoms with Crippen molar-refractivity contribution in [2.45, 2.75) is 31.1 Å². The fourth-order valence-electron chi connectivity index (χ4n) is 2.55. The molecule has 0 aromatic heterocycles. The Morgan fingerprint density at radius 1 is 1.38 bits per heavy atom. The zero-order chi connectivity index (χ0) is 11.7. The molecule has 1 nitrogen and oxygen atoms in total. The van der Waals surface area contributed by atoms with Crippen molar-refractivity contribution >= 4 is 11.6 Å². The van der Waals surface area contributed by atoms with Gasteiger partial charge in [0.05, 0.1) is 7.11 Å². The van der Waals surface area contributed by atoms with Gasteiger partial charge in [0, 0.05) is 10.9 Å². The van der Waals surface area contributed by atoms with E-state index in [1.165, 1.54) is 6.07 Å². The van der Waals surface area contributed by atoms with Crippen LogP contribution in [0.4, 0.5) is 4.39 Å². The van der Waals surface area contributed by atoms with Gasteiger partial charge in [-0.1, -0.05) is 6.92 Å². The standard InChI is InChI=1S/C13H16ClFO/c1-8-10(4-5-12(8)14)11-7-9(15)3-6-13(11)16-2/h3,6-8,10,12H,4-5H2,1-2H3. The Labute approximate surface area is 101 Å². The molecule has 0 aliphatic heterocycles. The first-order valence-corrected chi connectivity index (χ1v) is 6.04. The van der Waals surface area contributed by atoms with Crippen LogP contribution in [0.25, 0.3) is 0 Å². The van der Waals surface area contributed by atoms with E-state index in [4.69, 9.17) is 16.3 Å². The van der Waals surface area contributed by atoms with Gasteiger partial charge in [-0.05, 0) is 42.9 Å². The molecule has 0 heterocycles. The van der Waals surface area contributed by atoms with E-state index < -0.39 is 0 Å². The SMILES string of the molecule is COc1ccc(F)cc1C1CCC(Cl)C1C. The molecule has 2 rings (SSSR count). The zero-order valence-electron chi connectivity index (χ0n) is 9.54. The summed E-state index contributed by atoms with van der Waals surface area (Å²) in [4.78, 5) is 0. The predicted octanol–water partition coefficient (Wildman–Crippen LogP) is 3.96. The topological polar surface area (TPSA) is 9.23 Å². The Kier molecular flexibility index (Phi) is 3.38. The lowest BCUT2D eigenvalue weighted by Crippen LogP contribution is -2.10. The number of alkyl halides is 1. The van der Waals surface area contributed by atoms with Crippen molar-refractivity contribution in [3.05, 3.63) is 29.6 Å². The molecule has 1 saturated carbocycles. The van der Waals surface area contributed by atoms with Crippen LogP contribution in [0.3, 0.4) is 0 Å². The Balaban J connectivity index is 2.35. The lowest BCUT2D eigenvalue weighted by molar-refractivity contribution is 0.397. The number of rotatable bonds is 2. The highest BCUT2D eigenvalue weighted by Gasteiger charge is 2.34. The summed E-state index contributed by atoms with van der Waals surface area (Å²) < 4.78 is 18.6. The number of hydrogen-bond acceptors (Lipinski definition) is 1. The third-order valence-electron chi connectivity index (χ3n) is 3.55. The van der Waals surface area contributed by atoms with Crippen LogP contribution in [0.5, 0.6) is 5.75 Å². The minimum absolute atomic E-state index is 0.193. The average molecular weight is 243 g/mol. The molecule has 0 spiro atoms. The van der Waals surface area contributed by atoms with Gasteiger partial charge in [-0.2, -0.15) is 0 Å². The molecule has 1 aromatic rings. The van der Waals surface area contributed by atoms with E-state index in [2.05, 4.69) is 6.92 Å². The van der Waals surface area contributed by atoms with E-state index in [1.807, 2.05) is 0 Å². The molecule has 3 atom stereocenters. The maximum atomic E-state index is 13.3. The summed E-state index contributed by atoms with van der Waals surface area (Å²) in [6, 6.07) is 4.70. The number of hydrogen-bond donors (Lipinski definition) is 0. The van der Waals surface area contributed by atoms with Crippen molar-refractivity contribution < 1.29 is 9.13 Å². The second-order valence-electron chi connectivity index (χ2n) is 4.45. The van der Waals surface area contributed by atoms with Gasteiger partial charge in [-0.3, -0.25) is 0 Å². The van der Waals surface area contributed by atoms with Crippen molar-refractivity contribution in [2.24, 2.45) is 5.92 Å². The number of methoxy groups -OCH3 is 1. The summed E-state index contributed by atoms with van der Waals surface area (Å²) in [5, 5.41) is 0.193. The fraction of sp³-hybridized carbons (Fsp3) is 0.538. The summed E-state index contributed by atoms with van der Waals surface area (Å²) in [5.41, 5.74) is 0.957. The predicted molar refractivity (Wildman–Crippen MR) is 63.7 cm³/mol. The van der Waals surface area contributed by atoms with Crippen molar-refractivity contribution in [1.82, 2.24) is 0 Å². The van der Waals surface area contributed by atoms with E-state index in [1.54, 1.807) is 19.2 Å². The lowest BCUT2D eigenvalue weighted by Gasteiger charge is -2.20. The minimum atomic E-state index is -0.207. The largest absolute Gasteiger partial charge is 0.496 e. The van der Waals surface area contributed by atoms with E-state index in [0.717, 1.165) is 24.2 Å². The van der Waals surface area contributed by atoms with Crippen LogP contribution < -0.4 is 4.74 Å². The summed E-state index contributed by atoms with van der Waals surface area (Å²) >= 11 is 6.21. The molecule has 1 aromatic carbocycles. The Morgan fingerprint density at radius 3 is 2.69 bits per heavy atom. The van der Waals surface area contributed by atoms with Gasteiger partial charge in [0.1, 0.15) is 11.6 Å². The second-order valence-corrected chi connectivity index (χ2v) is 5.01. The lowest BCUT2D eigenvalue weighted by atomic mass is 9.89. The highest BCUT2D eigenvalue weighted by atomic mass is 35.5. The van der Waals surface area contributed by atoms with E-state index >= 15 is 0 Å². The molecule has 3 heteroatoms. The third-order valence-corrected chi connectivity index (χ3v) is 4.17. The summed E-state index contributed by atoms with van der Waals surface area (Å²) in [7, 11) is 1.62. The smallest absolute Gasteiger partial charge is 0.123 e. The number of ether oxygens (including phenoxy) is 1. The average Bonchev–Trinajstić information content (AvgIpc) is 2.60. The second kappa shape index (κ2) is 4.62. The fourth-order valence-corrected chi connectivity index (χ4v) is 2.85. The summed E-state index contributed by atoms with van der Waals surface area (Å²) in [6.07, 6.45) is 2.00. The molecule has 3 unspecified atom stereocenters. The van der Waals surface area contributed by atoms with Crippen LogP contribution >= 0.6 is 11.6 Å². The van der Waals surface area contributed by atoms with Crippen molar-refractivity contribution in [1.29, 1.82) is 0 Å². The van der Waals surface area contributed by atoms with Gasteiger partial charge in [0.15, 0.2) is 0 Å². The Hall–Kier alpha value is -0.760. The van der Waals surface area contributed by atoms with Gasteiger partial charge in [0.25, 0.3) is 0 Å². The Bertz CT molecular complexity index is 380.